The van der Waals surface area contributed by atoms with Crippen LogP contribution in [0.4, 0.5) is 4.39 Å². The first-order valence-corrected chi connectivity index (χ1v) is 5.88. The van der Waals surface area contributed by atoms with Crippen molar-refractivity contribution in [3.63, 3.8) is 0 Å². The molecule has 0 saturated carbocycles. The molecule has 2 aromatic rings. The van der Waals surface area contributed by atoms with Gasteiger partial charge in [0.25, 0.3) is 0 Å². The summed E-state index contributed by atoms with van der Waals surface area (Å²) in [5, 5.41) is 8.97. The van der Waals surface area contributed by atoms with Crippen LogP contribution in [0.15, 0.2) is 42.5 Å². The lowest BCUT2D eigenvalue weighted by atomic mass is 10.2. The lowest BCUT2D eigenvalue weighted by Crippen LogP contribution is -2.01. The monoisotopic (exact) mass is 276 g/mol. The highest BCUT2D eigenvalue weighted by Gasteiger charge is 2.11. The summed E-state index contributed by atoms with van der Waals surface area (Å²) >= 11 is 0. The molecule has 0 radical (unpaired) electrons. The van der Waals surface area contributed by atoms with Crippen molar-refractivity contribution in [2.24, 2.45) is 0 Å². The van der Waals surface area contributed by atoms with Gasteiger partial charge in [0.05, 0.1) is 7.11 Å². The molecule has 0 heterocycles. The number of carboxylic acids is 1. The van der Waals surface area contributed by atoms with Gasteiger partial charge in [-0.25, -0.2) is 9.18 Å². The molecule has 0 bridgehead atoms. The van der Waals surface area contributed by atoms with Crippen LogP contribution in [-0.4, -0.2) is 18.2 Å². The maximum absolute atomic E-state index is 12.8. The number of hydrogen-bond donors (Lipinski definition) is 1. The van der Waals surface area contributed by atoms with Crippen LogP contribution in [0, 0.1) is 5.82 Å². The van der Waals surface area contributed by atoms with Gasteiger partial charge in [-0.3, -0.25) is 0 Å². The van der Waals surface area contributed by atoms with Crippen LogP contribution < -0.4 is 9.47 Å². The van der Waals surface area contributed by atoms with Crippen molar-refractivity contribution in [2.45, 2.75) is 6.61 Å². The van der Waals surface area contributed by atoms with Crippen LogP contribution in [0.2, 0.25) is 0 Å². The van der Waals surface area contributed by atoms with Crippen LogP contribution in [0.3, 0.4) is 0 Å². The van der Waals surface area contributed by atoms with Crippen molar-refractivity contribution in [3.05, 3.63) is 59.4 Å². The van der Waals surface area contributed by atoms with E-state index in [0.29, 0.717) is 5.75 Å². The fourth-order valence-corrected chi connectivity index (χ4v) is 1.69. The molecule has 2 rings (SSSR count). The Balaban J connectivity index is 2.10. The first-order valence-electron chi connectivity index (χ1n) is 5.88. The number of halogens is 1. The van der Waals surface area contributed by atoms with Gasteiger partial charge in [0, 0.05) is 6.07 Å². The van der Waals surface area contributed by atoms with Crippen LogP contribution in [0.5, 0.6) is 11.5 Å². The summed E-state index contributed by atoms with van der Waals surface area (Å²) in [6.45, 7) is 0.260. The molecule has 0 fully saturated rings. The molecule has 0 aliphatic carbocycles. The SMILES string of the molecule is COc1cc(OCc2ccc(F)cc2)ccc1C(=O)O. The number of rotatable bonds is 5. The molecule has 0 amide bonds. The minimum absolute atomic E-state index is 0.0710. The Kier molecular flexibility index (Phi) is 4.20. The minimum atomic E-state index is -1.06. The summed E-state index contributed by atoms with van der Waals surface area (Å²) in [6, 6.07) is 10.4. The van der Waals surface area contributed by atoms with E-state index in [1.165, 1.54) is 31.4 Å². The summed E-state index contributed by atoms with van der Waals surface area (Å²) in [5.41, 5.74) is 0.884. The highest BCUT2D eigenvalue weighted by molar-refractivity contribution is 5.91. The normalized spacial score (nSPS) is 10.1. The Morgan fingerprint density at radius 2 is 1.90 bits per heavy atom. The maximum Gasteiger partial charge on any atom is 0.339 e. The predicted octanol–water partition coefficient (Wildman–Crippen LogP) is 3.11. The molecule has 0 saturated heterocycles. The third kappa shape index (κ3) is 3.26. The van der Waals surface area contributed by atoms with Gasteiger partial charge in [-0.2, -0.15) is 0 Å². The molecular weight excluding hydrogens is 263 g/mol. The van der Waals surface area contributed by atoms with E-state index in [0.717, 1.165) is 5.56 Å². The fourth-order valence-electron chi connectivity index (χ4n) is 1.69. The number of aromatic carboxylic acids is 1. The highest BCUT2D eigenvalue weighted by atomic mass is 19.1. The van der Waals surface area contributed by atoms with Crippen molar-refractivity contribution in [1.82, 2.24) is 0 Å². The van der Waals surface area contributed by atoms with E-state index in [1.807, 2.05) is 0 Å². The topological polar surface area (TPSA) is 55.8 Å². The summed E-state index contributed by atoms with van der Waals surface area (Å²) in [7, 11) is 1.39. The van der Waals surface area contributed by atoms with Crippen LogP contribution in [-0.2, 0) is 6.61 Å². The Bertz CT molecular complexity index is 608. The second-order valence-corrected chi connectivity index (χ2v) is 4.08. The third-order valence-corrected chi connectivity index (χ3v) is 2.72. The predicted molar refractivity (Wildman–Crippen MR) is 70.7 cm³/mol. The molecular formula is C15H13FO4. The van der Waals surface area contributed by atoms with Crippen molar-refractivity contribution < 1.29 is 23.8 Å². The van der Waals surface area contributed by atoms with Gasteiger partial charge >= 0.3 is 5.97 Å². The number of carbonyl (C=O) groups is 1. The number of benzene rings is 2. The standard InChI is InChI=1S/C15H13FO4/c1-19-14-8-12(6-7-13(14)15(17)18)20-9-10-2-4-11(16)5-3-10/h2-8H,9H2,1H3,(H,17,18). The lowest BCUT2D eigenvalue weighted by Gasteiger charge is -2.10. The third-order valence-electron chi connectivity index (χ3n) is 2.72. The zero-order valence-electron chi connectivity index (χ0n) is 10.8. The molecule has 0 atom stereocenters. The van der Waals surface area contributed by atoms with Gasteiger partial charge in [0.2, 0.25) is 0 Å². The summed E-state index contributed by atoms with van der Waals surface area (Å²) in [6.07, 6.45) is 0. The average molecular weight is 276 g/mol. The molecule has 104 valence electrons. The van der Waals surface area contributed by atoms with Crippen molar-refractivity contribution in [1.29, 1.82) is 0 Å². The largest absolute Gasteiger partial charge is 0.496 e. The van der Waals surface area contributed by atoms with E-state index in [1.54, 1.807) is 18.2 Å². The smallest absolute Gasteiger partial charge is 0.339 e. The molecule has 0 unspecified atom stereocenters. The van der Waals surface area contributed by atoms with Crippen molar-refractivity contribution in [2.75, 3.05) is 7.11 Å². The number of methoxy groups -OCH3 is 1. The van der Waals surface area contributed by atoms with Crippen LogP contribution in [0.25, 0.3) is 0 Å². The van der Waals surface area contributed by atoms with Gasteiger partial charge in [-0.05, 0) is 29.8 Å². The first-order chi connectivity index (χ1) is 9.60. The zero-order valence-corrected chi connectivity index (χ0v) is 10.8. The molecule has 0 aromatic heterocycles. The molecule has 4 nitrogen and oxygen atoms in total. The maximum atomic E-state index is 12.8. The molecule has 0 aliphatic rings. The van der Waals surface area contributed by atoms with Crippen molar-refractivity contribution >= 4 is 5.97 Å². The minimum Gasteiger partial charge on any atom is -0.496 e. The highest BCUT2D eigenvalue weighted by Crippen LogP contribution is 2.25. The second kappa shape index (κ2) is 6.06. The van der Waals surface area contributed by atoms with Gasteiger partial charge in [-0.1, -0.05) is 12.1 Å². The Morgan fingerprint density at radius 3 is 2.50 bits per heavy atom. The summed E-state index contributed by atoms with van der Waals surface area (Å²) in [4.78, 5) is 10.9. The molecule has 20 heavy (non-hydrogen) atoms. The van der Waals surface area contributed by atoms with E-state index < -0.39 is 5.97 Å². The zero-order chi connectivity index (χ0) is 14.5. The number of ether oxygens (including phenoxy) is 2. The summed E-state index contributed by atoms with van der Waals surface area (Å²) < 4.78 is 23.3. The molecule has 1 N–H and O–H groups in total. The van der Waals surface area contributed by atoms with Gasteiger partial charge in [0.15, 0.2) is 0 Å². The quantitative estimate of drug-likeness (QED) is 0.911. The van der Waals surface area contributed by atoms with E-state index in [-0.39, 0.29) is 23.7 Å². The van der Waals surface area contributed by atoms with E-state index >= 15 is 0 Å². The van der Waals surface area contributed by atoms with Crippen LogP contribution >= 0.6 is 0 Å². The van der Waals surface area contributed by atoms with Crippen molar-refractivity contribution in [3.8, 4) is 11.5 Å². The molecule has 0 aliphatic heterocycles. The Hall–Kier alpha value is -2.56. The Labute approximate surface area is 115 Å². The average Bonchev–Trinajstić information content (AvgIpc) is 2.46. The first kappa shape index (κ1) is 13.9. The number of carboxylic acid groups (broad SMARTS) is 1. The lowest BCUT2D eigenvalue weighted by molar-refractivity contribution is 0.0693. The van der Waals surface area contributed by atoms with E-state index in [9.17, 15) is 9.18 Å². The van der Waals surface area contributed by atoms with Gasteiger partial charge in [-0.15, -0.1) is 0 Å². The number of hydrogen-bond acceptors (Lipinski definition) is 3. The Morgan fingerprint density at radius 1 is 1.20 bits per heavy atom. The van der Waals surface area contributed by atoms with Crippen LogP contribution in [0.1, 0.15) is 15.9 Å². The van der Waals surface area contributed by atoms with Gasteiger partial charge in [0.1, 0.15) is 29.5 Å². The van der Waals surface area contributed by atoms with Gasteiger partial charge < -0.3 is 14.6 Å². The molecule has 2 aromatic carbocycles. The molecule has 5 heteroatoms. The second-order valence-electron chi connectivity index (χ2n) is 4.08. The summed E-state index contributed by atoms with van der Waals surface area (Å²) in [5.74, 6) is -0.654. The van der Waals surface area contributed by atoms with E-state index in [4.69, 9.17) is 14.6 Å². The fraction of sp³-hybridized carbons (Fsp3) is 0.133. The molecule has 0 spiro atoms. The van der Waals surface area contributed by atoms with E-state index in [2.05, 4.69) is 0 Å².